The SMILES string of the molecule is COc1ccc([C@@H](C)N2CC/C=C\[C@@H]3OC(C)(C)O[C@H]3[C@@H]2[C@@H](O)CO)cc1. The minimum absolute atomic E-state index is 0.0292. The van der Waals surface area contributed by atoms with Crippen LogP contribution in [0.3, 0.4) is 0 Å². The van der Waals surface area contributed by atoms with Crippen molar-refractivity contribution in [3.63, 3.8) is 0 Å². The van der Waals surface area contributed by atoms with Crippen LogP contribution < -0.4 is 4.74 Å². The lowest BCUT2D eigenvalue weighted by Gasteiger charge is -2.42. The third-order valence-electron chi connectivity index (χ3n) is 5.44. The van der Waals surface area contributed by atoms with Crippen LogP contribution in [-0.4, -0.2) is 65.5 Å². The molecule has 150 valence electrons. The maximum atomic E-state index is 10.7. The molecule has 2 aliphatic heterocycles. The average Bonchev–Trinajstić information content (AvgIpc) is 2.95. The van der Waals surface area contributed by atoms with Crippen molar-refractivity contribution in [2.75, 3.05) is 20.3 Å². The summed E-state index contributed by atoms with van der Waals surface area (Å²) in [4.78, 5) is 2.22. The second kappa shape index (κ2) is 8.29. The zero-order valence-corrected chi connectivity index (χ0v) is 16.5. The maximum Gasteiger partial charge on any atom is 0.164 e. The van der Waals surface area contributed by atoms with E-state index in [0.717, 1.165) is 24.3 Å². The van der Waals surface area contributed by atoms with Gasteiger partial charge in [0.1, 0.15) is 18.0 Å². The number of hydrogen-bond acceptors (Lipinski definition) is 6. The van der Waals surface area contributed by atoms with Crippen LogP contribution in [0.25, 0.3) is 0 Å². The highest BCUT2D eigenvalue weighted by molar-refractivity contribution is 5.29. The Morgan fingerprint density at radius 3 is 2.59 bits per heavy atom. The molecule has 2 N–H and O–H groups in total. The molecule has 0 saturated carbocycles. The number of benzene rings is 1. The van der Waals surface area contributed by atoms with E-state index in [9.17, 15) is 10.2 Å². The van der Waals surface area contributed by atoms with Gasteiger partial charge in [0.2, 0.25) is 0 Å². The van der Waals surface area contributed by atoms with Gasteiger partial charge in [0, 0.05) is 12.6 Å². The van der Waals surface area contributed by atoms with Crippen molar-refractivity contribution in [2.45, 2.75) is 63.4 Å². The number of nitrogens with zero attached hydrogens (tertiary/aromatic N) is 1. The molecule has 1 saturated heterocycles. The quantitative estimate of drug-likeness (QED) is 0.767. The van der Waals surface area contributed by atoms with Crippen molar-refractivity contribution >= 4 is 0 Å². The van der Waals surface area contributed by atoms with E-state index in [1.807, 2.05) is 44.2 Å². The van der Waals surface area contributed by atoms with Crippen molar-refractivity contribution in [2.24, 2.45) is 0 Å². The van der Waals surface area contributed by atoms with Crippen LogP contribution in [-0.2, 0) is 9.47 Å². The molecule has 1 aromatic rings. The number of aliphatic hydroxyl groups is 2. The Bertz CT molecular complexity index is 644. The van der Waals surface area contributed by atoms with Gasteiger partial charge in [-0.25, -0.2) is 0 Å². The number of methoxy groups -OCH3 is 1. The average molecular weight is 377 g/mol. The van der Waals surface area contributed by atoms with Gasteiger partial charge in [-0.3, -0.25) is 4.90 Å². The second-order valence-electron chi connectivity index (χ2n) is 7.71. The van der Waals surface area contributed by atoms with E-state index < -0.39 is 11.9 Å². The summed E-state index contributed by atoms with van der Waals surface area (Å²) in [5, 5.41) is 20.4. The summed E-state index contributed by atoms with van der Waals surface area (Å²) in [5.74, 6) is 0.0785. The molecule has 5 atom stereocenters. The molecule has 0 radical (unpaired) electrons. The van der Waals surface area contributed by atoms with Crippen LogP contribution in [0.15, 0.2) is 36.4 Å². The van der Waals surface area contributed by atoms with Gasteiger partial charge in [-0.2, -0.15) is 0 Å². The van der Waals surface area contributed by atoms with Crippen molar-refractivity contribution in [3.8, 4) is 5.75 Å². The number of rotatable bonds is 5. The summed E-state index contributed by atoms with van der Waals surface area (Å²) in [6, 6.07) is 7.59. The molecule has 1 fully saturated rings. The summed E-state index contributed by atoms with van der Waals surface area (Å²) in [6.45, 7) is 6.29. The molecule has 0 bridgehead atoms. The van der Waals surface area contributed by atoms with Crippen LogP contribution in [0.2, 0.25) is 0 Å². The van der Waals surface area contributed by atoms with Gasteiger partial charge in [-0.15, -0.1) is 0 Å². The first-order valence-electron chi connectivity index (χ1n) is 9.57. The highest BCUT2D eigenvalue weighted by Crippen LogP contribution is 2.37. The molecule has 6 heteroatoms. The lowest BCUT2D eigenvalue weighted by atomic mass is 9.93. The standard InChI is InChI=1S/C21H31NO5/c1-14(15-8-10-16(25-4)11-9-15)22-12-6-5-7-18-20(19(22)17(24)13-23)27-21(2,3)26-18/h5,7-11,14,17-20,23-24H,6,12-13H2,1-4H3/b7-5-/t14-,17+,18+,19+,20-/m1/s1. The second-order valence-corrected chi connectivity index (χ2v) is 7.71. The highest BCUT2D eigenvalue weighted by Gasteiger charge is 2.49. The van der Waals surface area contributed by atoms with Gasteiger partial charge < -0.3 is 24.4 Å². The molecule has 0 unspecified atom stereocenters. The van der Waals surface area contributed by atoms with E-state index in [2.05, 4.69) is 17.9 Å². The molecule has 27 heavy (non-hydrogen) atoms. The zero-order valence-electron chi connectivity index (χ0n) is 16.5. The van der Waals surface area contributed by atoms with Gasteiger partial charge in [-0.1, -0.05) is 24.3 Å². The predicted octanol–water partition coefficient (Wildman–Crippen LogP) is 2.26. The van der Waals surface area contributed by atoms with E-state index in [1.54, 1.807) is 7.11 Å². The molecular formula is C21H31NO5. The predicted molar refractivity (Wildman–Crippen MR) is 103 cm³/mol. The zero-order chi connectivity index (χ0) is 19.6. The largest absolute Gasteiger partial charge is 0.497 e. The molecule has 3 rings (SSSR count). The van der Waals surface area contributed by atoms with Crippen molar-refractivity contribution in [1.82, 2.24) is 4.90 Å². The fourth-order valence-corrected chi connectivity index (χ4v) is 4.10. The molecule has 0 amide bonds. The van der Waals surface area contributed by atoms with Crippen LogP contribution in [0.4, 0.5) is 0 Å². The lowest BCUT2D eigenvalue weighted by molar-refractivity contribution is -0.158. The summed E-state index contributed by atoms with van der Waals surface area (Å²) in [7, 11) is 1.65. The molecule has 6 nitrogen and oxygen atoms in total. The summed E-state index contributed by atoms with van der Waals surface area (Å²) >= 11 is 0. The molecule has 1 aromatic carbocycles. The number of ether oxygens (including phenoxy) is 3. The Morgan fingerprint density at radius 1 is 1.26 bits per heavy atom. The minimum Gasteiger partial charge on any atom is -0.497 e. The van der Waals surface area contributed by atoms with Crippen LogP contribution in [0, 0.1) is 0 Å². The lowest BCUT2D eigenvalue weighted by Crippen LogP contribution is -2.56. The Labute approximate surface area is 161 Å². The van der Waals surface area contributed by atoms with Gasteiger partial charge in [-0.05, 0) is 44.9 Å². The van der Waals surface area contributed by atoms with Crippen LogP contribution in [0.5, 0.6) is 5.75 Å². The third-order valence-corrected chi connectivity index (χ3v) is 5.44. The molecule has 0 aromatic heterocycles. The molecule has 0 aliphatic carbocycles. The van der Waals surface area contributed by atoms with Crippen molar-refractivity contribution in [1.29, 1.82) is 0 Å². The fraction of sp³-hybridized carbons (Fsp3) is 0.619. The highest BCUT2D eigenvalue weighted by atomic mass is 16.8. The molecular weight excluding hydrogens is 346 g/mol. The molecule has 2 aliphatic rings. The Morgan fingerprint density at radius 2 is 1.96 bits per heavy atom. The summed E-state index contributed by atoms with van der Waals surface area (Å²) < 4.78 is 17.5. The Balaban J connectivity index is 1.93. The fourth-order valence-electron chi connectivity index (χ4n) is 4.10. The maximum absolute atomic E-state index is 10.7. The topological polar surface area (TPSA) is 71.4 Å². The summed E-state index contributed by atoms with van der Waals surface area (Å²) in [5.41, 5.74) is 1.12. The first kappa shape index (κ1) is 20.3. The van der Waals surface area contributed by atoms with E-state index in [4.69, 9.17) is 14.2 Å². The number of fused-ring (bicyclic) bond motifs is 1. The molecule has 0 spiro atoms. The van der Waals surface area contributed by atoms with Crippen molar-refractivity contribution in [3.05, 3.63) is 42.0 Å². The number of aliphatic hydroxyl groups excluding tert-OH is 2. The first-order chi connectivity index (χ1) is 12.9. The van der Waals surface area contributed by atoms with Gasteiger partial charge in [0.25, 0.3) is 0 Å². The van der Waals surface area contributed by atoms with Crippen molar-refractivity contribution < 1.29 is 24.4 Å². The van der Waals surface area contributed by atoms with Gasteiger partial charge >= 0.3 is 0 Å². The summed E-state index contributed by atoms with van der Waals surface area (Å²) in [6.07, 6.45) is 3.42. The minimum atomic E-state index is -0.929. The Hall–Kier alpha value is -1.44. The Kier molecular flexibility index (Phi) is 6.23. The molecule has 2 heterocycles. The van der Waals surface area contributed by atoms with Crippen LogP contribution >= 0.6 is 0 Å². The van der Waals surface area contributed by atoms with Gasteiger partial charge in [0.05, 0.1) is 25.9 Å². The third kappa shape index (κ3) is 4.36. The van der Waals surface area contributed by atoms with Gasteiger partial charge in [0.15, 0.2) is 5.79 Å². The van der Waals surface area contributed by atoms with E-state index in [1.165, 1.54) is 0 Å². The van der Waals surface area contributed by atoms with E-state index >= 15 is 0 Å². The smallest absolute Gasteiger partial charge is 0.164 e. The normalized spacial score (nSPS) is 31.4. The van der Waals surface area contributed by atoms with E-state index in [-0.39, 0.29) is 30.9 Å². The first-order valence-corrected chi connectivity index (χ1v) is 9.57. The monoisotopic (exact) mass is 377 g/mol. The van der Waals surface area contributed by atoms with Crippen LogP contribution in [0.1, 0.15) is 38.8 Å². The van der Waals surface area contributed by atoms with E-state index in [0.29, 0.717) is 0 Å². The number of hydrogen-bond donors (Lipinski definition) is 2.